The second kappa shape index (κ2) is 9.85. The third-order valence-electron chi connectivity index (χ3n) is 5.80. The van der Waals surface area contributed by atoms with Gasteiger partial charge in [0.2, 0.25) is 6.41 Å². The predicted octanol–water partition coefficient (Wildman–Crippen LogP) is 4.81. The van der Waals surface area contributed by atoms with Crippen LogP contribution < -0.4 is 10.5 Å². The third-order valence-corrected chi connectivity index (χ3v) is 8.24. The molecule has 0 bridgehead atoms. The molecule has 1 aromatic heterocycles. The number of benzene rings is 1. The first-order valence-electron chi connectivity index (χ1n) is 10.3. The first-order chi connectivity index (χ1) is 14.7. The van der Waals surface area contributed by atoms with Gasteiger partial charge in [0.25, 0.3) is 6.43 Å². The number of hydrogen-bond acceptors (Lipinski definition) is 4. The number of aliphatic hydroxyl groups is 1. The Bertz CT molecular complexity index is 962. The van der Waals surface area contributed by atoms with Crippen LogP contribution in [0.15, 0.2) is 20.0 Å². The van der Waals surface area contributed by atoms with Gasteiger partial charge in [-0.3, -0.25) is 9.93 Å². The summed E-state index contributed by atoms with van der Waals surface area (Å²) in [7, 11) is 1.18. The Morgan fingerprint density at radius 3 is 2.16 bits per heavy atom. The standard InChI is InChI=1S/C14H15F2NO.C8H14N2OS2/c15-14(16)12-8-3-1-5-10(8)13(17-7-18)11-6-2-4-9(11)12;1-8(2,11)6-4-7(12-5-6)13(9)10-3/h7,14H,1-6H2,(H,17,18);4-5,11H,1-3H3,(H2,9,10). The summed E-state index contributed by atoms with van der Waals surface area (Å²) in [6, 6.07) is 1.92. The lowest BCUT2D eigenvalue weighted by atomic mass is 9.92. The number of carbonyl (C=O) groups excluding carboxylic acids is 1. The topological polar surface area (TPSA) is 87.7 Å². The van der Waals surface area contributed by atoms with E-state index in [4.69, 9.17) is 5.14 Å². The molecule has 9 heteroatoms. The number of rotatable bonds is 5. The number of nitrogens with two attached hydrogens (primary N) is 1. The van der Waals surface area contributed by atoms with Gasteiger partial charge in [0.05, 0.1) is 9.81 Å². The van der Waals surface area contributed by atoms with Crippen molar-refractivity contribution < 1.29 is 18.7 Å². The smallest absolute Gasteiger partial charge is 0.264 e. The molecular weight excluding hydrogens is 440 g/mol. The number of nitrogens with one attached hydrogen (secondary N) is 1. The van der Waals surface area contributed by atoms with E-state index in [1.54, 1.807) is 32.2 Å². The summed E-state index contributed by atoms with van der Waals surface area (Å²) in [4.78, 5) is 10.7. The van der Waals surface area contributed by atoms with Crippen molar-refractivity contribution in [3.8, 4) is 0 Å². The van der Waals surface area contributed by atoms with E-state index in [9.17, 15) is 18.7 Å². The van der Waals surface area contributed by atoms with Gasteiger partial charge in [0.15, 0.2) is 0 Å². The molecule has 170 valence electrons. The Morgan fingerprint density at radius 1 is 1.19 bits per heavy atom. The summed E-state index contributed by atoms with van der Waals surface area (Å²) in [6.07, 6.45) is 3.13. The second-order valence-electron chi connectivity index (χ2n) is 8.18. The molecule has 1 heterocycles. The van der Waals surface area contributed by atoms with Gasteiger partial charge in [-0.15, -0.1) is 11.3 Å². The normalized spacial score (nSPS) is 16.0. The summed E-state index contributed by atoms with van der Waals surface area (Å²) >= 11 is 1.54. The highest BCUT2D eigenvalue weighted by molar-refractivity contribution is 7.87. The van der Waals surface area contributed by atoms with Gasteiger partial charge < -0.3 is 10.4 Å². The Labute approximate surface area is 188 Å². The Balaban J connectivity index is 0.000000187. The molecular formula is C22H29F2N3O2S2. The minimum absolute atomic E-state index is 0.270. The average Bonchev–Trinajstić information content (AvgIpc) is 3.46. The van der Waals surface area contributed by atoms with Gasteiger partial charge in [-0.25, -0.2) is 13.1 Å². The van der Waals surface area contributed by atoms with Crippen LogP contribution in [0.25, 0.3) is 0 Å². The Hall–Kier alpha value is -1.68. The van der Waals surface area contributed by atoms with Gasteiger partial charge in [-0.2, -0.15) is 0 Å². The molecule has 4 rings (SSSR count). The van der Waals surface area contributed by atoms with Crippen LogP contribution in [0, 0.1) is 0 Å². The van der Waals surface area contributed by atoms with E-state index in [2.05, 4.69) is 9.68 Å². The monoisotopic (exact) mass is 469 g/mol. The number of alkyl halides is 2. The zero-order valence-corrected chi connectivity index (χ0v) is 19.6. The van der Waals surface area contributed by atoms with Gasteiger partial charge >= 0.3 is 0 Å². The van der Waals surface area contributed by atoms with Crippen LogP contribution in [-0.4, -0.2) is 18.6 Å². The number of halogens is 2. The summed E-state index contributed by atoms with van der Waals surface area (Å²) < 4.78 is 31.6. The highest BCUT2D eigenvalue weighted by atomic mass is 32.2. The fraction of sp³-hybridized carbons (Fsp3) is 0.500. The van der Waals surface area contributed by atoms with Crippen LogP contribution in [0.2, 0.25) is 0 Å². The predicted molar refractivity (Wildman–Crippen MR) is 123 cm³/mol. The Morgan fingerprint density at radius 2 is 1.74 bits per heavy atom. The molecule has 0 radical (unpaired) electrons. The molecule has 0 fully saturated rings. The molecule has 1 amide bonds. The molecule has 2 aromatic rings. The molecule has 4 N–H and O–H groups in total. The number of hydrogen-bond donors (Lipinski definition) is 3. The van der Waals surface area contributed by atoms with E-state index in [1.165, 1.54) is 0 Å². The molecule has 2 aliphatic rings. The zero-order chi connectivity index (χ0) is 22.8. The number of carbonyl (C=O) groups is 1. The maximum atomic E-state index is 13.3. The van der Waals surface area contributed by atoms with E-state index in [0.29, 0.717) is 6.41 Å². The van der Waals surface area contributed by atoms with E-state index in [0.717, 1.165) is 76.2 Å². The molecule has 1 unspecified atom stereocenters. The largest absolute Gasteiger partial charge is 0.386 e. The fourth-order valence-electron chi connectivity index (χ4n) is 4.33. The SMILES string of the molecule is CN=S(N)c1cc(C(C)(C)O)cs1.O=CNc1c2c(c(C(F)F)c3c1CCC3)CCC2. The second-order valence-corrected chi connectivity index (χ2v) is 10.8. The summed E-state index contributed by atoms with van der Waals surface area (Å²) in [6.45, 7) is 3.52. The van der Waals surface area contributed by atoms with Crippen molar-refractivity contribution in [3.05, 3.63) is 44.8 Å². The first kappa shape index (κ1) is 24.0. The van der Waals surface area contributed by atoms with E-state index in [-0.39, 0.29) is 5.56 Å². The van der Waals surface area contributed by atoms with E-state index >= 15 is 0 Å². The van der Waals surface area contributed by atoms with Crippen LogP contribution >= 0.6 is 11.3 Å². The number of nitrogens with zero attached hydrogens (tertiary/aromatic N) is 1. The van der Waals surface area contributed by atoms with Crippen molar-refractivity contribution in [1.82, 2.24) is 0 Å². The van der Waals surface area contributed by atoms with Crippen molar-refractivity contribution in [2.45, 2.75) is 68.6 Å². The average molecular weight is 470 g/mol. The summed E-state index contributed by atoms with van der Waals surface area (Å²) in [5.74, 6) is 0. The van der Waals surface area contributed by atoms with Crippen molar-refractivity contribution >= 4 is 34.3 Å². The molecule has 1 atom stereocenters. The third kappa shape index (κ3) is 5.05. The number of amides is 1. The highest BCUT2D eigenvalue weighted by Crippen LogP contribution is 2.44. The first-order valence-corrected chi connectivity index (χ1v) is 12.4. The lowest BCUT2D eigenvalue weighted by Crippen LogP contribution is -2.14. The minimum Gasteiger partial charge on any atom is -0.386 e. The van der Waals surface area contributed by atoms with E-state index in [1.807, 2.05) is 11.4 Å². The molecule has 0 saturated carbocycles. The lowest BCUT2D eigenvalue weighted by molar-refractivity contribution is -0.105. The molecule has 5 nitrogen and oxygen atoms in total. The molecule has 2 aliphatic carbocycles. The van der Waals surface area contributed by atoms with Gasteiger partial charge in [0.1, 0.15) is 0 Å². The summed E-state index contributed by atoms with van der Waals surface area (Å²) in [5.41, 5.74) is 4.73. The molecule has 1 aromatic carbocycles. The molecule has 31 heavy (non-hydrogen) atoms. The lowest BCUT2D eigenvalue weighted by Gasteiger charge is -2.18. The Kier molecular flexibility index (Phi) is 7.62. The number of anilines is 1. The minimum atomic E-state index is -2.39. The fourth-order valence-corrected chi connectivity index (χ4v) is 6.32. The maximum absolute atomic E-state index is 13.3. The van der Waals surface area contributed by atoms with Crippen LogP contribution in [-0.2, 0) is 47.0 Å². The number of thiophene rings is 1. The molecule has 0 spiro atoms. The van der Waals surface area contributed by atoms with Crippen LogP contribution in [0.3, 0.4) is 0 Å². The van der Waals surface area contributed by atoms with Crippen molar-refractivity contribution in [2.75, 3.05) is 12.4 Å². The molecule has 0 saturated heterocycles. The quantitative estimate of drug-likeness (QED) is 0.549. The maximum Gasteiger partial charge on any atom is 0.264 e. The van der Waals surface area contributed by atoms with Crippen molar-refractivity contribution in [3.63, 3.8) is 0 Å². The molecule has 0 aliphatic heterocycles. The van der Waals surface area contributed by atoms with Crippen LogP contribution in [0.4, 0.5) is 14.5 Å². The van der Waals surface area contributed by atoms with E-state index < -0.39 is 22.9 Å². The number of fused-ring (bicyclic) bond motifs is 2. The van der Waals surface area contributed by atoms with Crippen LogP contribution in [0.5, 0.6) is 0 Å². The van der Waals surface area contributed by atoms with Gasteiger partial charge in [-0.1, -0.05) is 0 Å². The van der Waals surface area contributed by atoms with Crippen LogP contribution in [0.1, 0.15) is 66.5 Å². The van der Waals surface area contributed by atoms with Gasteiger partial charge in [0, 0.05) is 29.2 Å². The van der Waals surface area contributed by atoms with Crippen molar-refractivity contribution in [2.24, 2.45) is 9.50 Å². The van der Waals surface area contributed by atoms with Gasteiger partial charge in [-0.05, 0) is 91.6 Å². The van der Waals surface area contributed by atoms with Crippen molar-refractivity contribution in [1.29, 1.82) is 0 Å². The zero-order valence-electron chi connectivity index (χ0n) is 18.0. The summed E-state index contributed by atoms with van der Waals surface area (Å²) in [5, 5.41) is 20.1. The highest BCUT2D eigenvalue weighted by Gasteiger charge is 2.31.